The van der Waals surface area contributed by atoms with Crippen LogP contribution in [0.15, 0.2) is 54.6 Å². The summed E-state index contributed by atoms with van der Waals surface area (Å²) >= 11 is 0. The molecule has 7 rings (SSSR count). The van der Waals surface area contributed by atoms with Gasteiger partial charge >= 0.3 is 12.2 Å². The summed E-state index contributed by atoms with van der Waals surface area (Å²) in [5.41, 5.74) is 3.11. The van der Waals surface area contributed by atoms with Crippen LogP contribution in [0.3, 0.4) is 0 Å². The predicted octanol–water partition coefficient (Wildman–Crippen LogP) is 6.70. The van der Waals surface area contributed by atoms with Crippen LogP contribution in [0.5, 0.6) is 0 Å². The first-order valence-corrected chi connectivity index (χ1v) is 19.9. The summed E-state index contributed by atoms with van der Waals surface area (Å²) in [5.74, 6) is -4.36. The van der Waals surface area contributed by atoms with Gasteiger partial charge < -0.3 is 40.2 Å². The van der Waals surface area contributed by atoms with Crippen LogP contribution < -0.4 is 16.0 Å². The van der Waals surface area contributed by atoms with Gasteiger partial charge in [0.15, 0.2) is 0 Å². The second-order valence-electron chi connectivity index (χ2n) is 16.0. The number of aromatic nitrogens is 2. The molecule has 3 aromatic carbocycles. The smallest absolute Gasteiger partial charge is 0.407 e. The topological polar surface area (TPSA) is 175 Å². The van der Waals surface area contributed by atoms with Gasteiger partial charge in [0.25, 0.3) is 5.92 Å². The number of carbonyl (C=O) groups is 5. The second kappa shape index (κ2) is 16.3. The van der Waals surface area contributed by atoms with E-state index in [1.807, 2.05) is 32.0 Å². The fraction of sp³-hybridized carbons (Fsp3) is 0.442. The van der Waals surface area contributed by atoms with Gasteiger partial charge in [0, 0.05) is 29.9 Å². The molecule has 0 spiro atoms. The van der Waals surface area contributed by atoms with Gasteiger partial charge in [-0.25, -0.2) is 14.6 Å². The zero-order valence-electron chi connectivity index (χ0n) is 33.9. The van der Waals surface area contributed by atoms with Crippen molar-refractivity contribution in [3.63, 3.8) is 0 Å². The summed E-state index contributed by atoms with van der Waals surface area (Å²) in [4.78, 5) is 75.9. The minimum absolute atomic E-state index is 0.162. The molecule has 3 heterocycles. The highest BCUT2D eigenvalue weighted by molar-refractivity contribution is 5.99. The summed E-state index contributed by atoms with van der Waals surface area (Å²) in [6.07, 6.45) is 0.959. The number of nitrogens with zero attached hydrogens (tertiary/aromatic N) is 3. The van der Waals surface area contributed by atoms with E-state index in [1.165, 1.54) is 31.3 Å². The van der Waals surface area contributed by atoms with Gasteiger partial charge in [-0.15, -0.1) is 0 Å². The van der Waals surface area contributed by atoms with E-state index in [0.29, 0.717) is 71.5 Å². The van der Waals surface area contributed by atoms with Crippen molar-refractivity contribution >= 4 is 46.6 Å². The Morgan fingerprint density at radius 1 is 0.763 bits per heavy atom. The van der Waals surface area contributed by atoms with Crippen LogP contribution >= 0.6 is 0 Å². The summed E-state index contributed by atoms with van der Waals surface area (Å²) in [6, 6.07) is 12.0. The van der Waals surface area contributed by atoms with E-state index in [9.17, 15) is 24.0 Å². The average Bonchev–Trinajstić information content (AvgIpc) is 4.03. The molecule has 59 heavy (non-hydrogen) atoms. The highest BCUT2D eigenvalue weighted by atomic mass is 19.3. The number of alkyl halides is 2. The van der Waals surface area contributed by atoms with Crippen LogP contribution in [0.4, 0.5) is 24.1 Å². The fourth-order valence-electron chi connectivity index (χ4n) is 8.45. The molecule has 0 unspecified atom stereocenters. The number of benzene rings is 3. The van der Waals surface area contributed by atoms with E-state index < -0.39 is 48.0 Å². The molecule has 5 amide bonds. The van der Waals surface area contributed by atoms with Crippen LogP contribution in [-0.2, 0) is 29.8 Å². The first-order chi connectivity index (χ1) is 28.1. The number of anilines is 1. The van der Waals surface area contributed by atoms with Crippen molar-refractivity contribution in [2.45, 2.75) is 83.5 Å². The van der Waals surface area contributed by atoms with Gasteiger partial charge in [-0.1, -0.05) is 52.0 Å². The molecule has 1 aliphatic carbocycles. The number of alkyl carbamates (subject to hydrolysis) is 2. The minimum atomic E-state index is -3.37. The SMILES string of the molecule is COC(=O)N[C@H](C(=O)N1CCC[C@H]1C(=O)Nc1ccc2c(c1)C(F)(F)c1cc(-c3ccc4nc([C@@H]5CCCN5C(=O)[C@@H](NC(=O)OC)C(C)C)[nH]c4c3)ccc1-2)C(C)C. The Morgan fingerprint density at radius 3 is 1.97 bits per heavy atom. The monoisotopic (exact) mass is 813 g/mol. The Morgan fingerprint density at radius 2 is 1.32 bits per heavy atom. The van der Waals surface area contributed by atoms with Gasteiger partial charge in [0.2, 0.25) is 17.7 Å². The predicted molar refractivity (Wildman–Crippen MR) is 215 cm³/mol. The van der Waals surface area contributed by atoms with Gasteiger partial charge in [0.1, 0.15) is 23.9 Å². The van der Waals surface area contributed by atoms with Crippen molar-refractivity contribution in [3.05, 3.63) is 71.5 Å². The molecule has 0 bridgehead atoms. The van der Waals surface area contributed by atoms with Crippen LogP contribution in [0.1, 0.15) is 76.4 Å². The largest absolute Gasteiger partial charge is 0.453 e. The van der Waals surface area contributed by atoms with E-state index in [2.05, 4.69) is 25.7 Å². The van der Waals surface area contributed by atoms with Crippen molar-refractivity contribution in [3.8, 4) is 22.3 Å². The van der Waals surface area contributed by atoms with Crippen LogP contribution in [0.2, 0.25) is 0 Å². The lowest BCUT2D eigenvalue weighted by Gasteiger charge is -2.30. The molecular formula is C43H49F2N7O7. The highest BCUT2D eigenvalue weighted by Gasteiger charge is 2.45. The van der Waals surface area contributed by atoms with Crippen LogP contribution in [0.25, 0.3) is 33.3 Å². The number of nitrogens with one attached hydrogen (secondary N) is 4. The van der Waals surface area contributed by atoms with Crippen molar-refractivity contribution < 1.29 is 42.2 Å². The Bertz CT molecular complexity index is 2310. The molecule has 2 saturated heterocycles. The van der Waals surface area contributed by atoms with Gasteiger partial charge in [0.05, 0.1) is 31.3 Å². The second-order valence-corrected chi connectivity index (χ2v) is 16.0. The highest BCUT2D eigenvalue weighted by Crippen LogP contribution is 2.52. The molecule has 4 atom stereocenters. The Kier molecular flexibility index (Phi) is 11.4. The Labute approximate surface area is 340 Å². The lowest BCUT2D eigenvalue weighted by Crippen LogP contribution is -2.54. The van der Waals surface area contributed by atoms with Crippen molar-refractivity contribution in [1.29, 1.82) is 0 Å². The third kappa shape index (κ3) is 7.79. The van der Waals surface area contributed by atoms with Crippen LogP contribution in [0, 0.1) is 11.8 Å². The van der Waals surface area contributed by atoms with E-state index in [-0.39, 0.29) is 40.6 Å². The Balaban J connectivity index is 1.08. The van der Waals surface area contributed by atoms with Gasteiger partial charge in [-0.3, -0.25) is 14.4 Å². The number of imidazole rings is 1. The molecule has 0 radical (unpaired) electrons. The number of hydrogen-bond acceptors (Lipinski definition) is 8. The standard InChI is InChI=1S/C43H49F2N7O7/c1-22(2)35(49-41(56)58-5)39(54)51-17-7-9-33(51)37-47-31-16-12-25(20-32(31)48-37)24-11-14-27-28-15-13-26(21-30(28)43(44,45)29(27)19-24)46-38(53)34-10-8-18-52(34)40(55)36(23(3)4)50-42(57)59-6/h11-16,19-23,33-36H,7-10,17-18H2,1-6H3,(H,46,53)(H,47,48)(H,49,56)(H,50,57)/t33-,34-,35-,36-/m0/s1. The molecule has 1 aromatic heterocycles. The lowest BCUT2D eigenvalue weighted by atomic mass is 9.98. The minimum Gasteiger partial charge on any atom is -0.453 e. The maximum Gasteiger partial charge on any atom is 0.407 e. The summed E-state index contributed by atoms with van der Waals surface area (Å²) in [6.45, 7) is 8.08. The summed E-state index contributed by atoms with van der Waals surface area (Å²) in [7, 11) is 2.45. The molecule has 2 aliphatic heterocycles. The first-order valence-electron chi connectivity index (χ1n) is 19.9. The van der Waals surface area contributed by atoms with Crippen molar-refractivity contribution in [2.75, 3.05) is 32.6 Å². The average molecular weight is 814 g/mol. The number of aromatic amines is 1. The van der Waals surface area contributed by atoms with E-state index in [1.54, 1.807) is 43.0 Å². The molecule has 3 aliphatic rings. The molecule has 4 aromatic rings. The Hall–Kier alpha value is -6.06. The molecular weight excluding hydrogens is 765 g/mol. The van der Waals surface area contributed by atoms with E-state index in [0.717, 1.165) is 6.42 Å². The number of H-pyrrole nitrogens is 1. The van der Waals surface area contributed by atoms with Crippen molar-refractivity contribution in [1.82, 2.24) is 30.4 Å². The molecule has 312 valence electrons. The van der Waals surface area contributed by atoms with Crippen LogP contribution in [-0.4, -0.2) is 95.1 Å². The van der Waals surface area contributed by atoms with Gasteiger partial charge in [-0.05, 0) is 90.1 Å². The summed E-state index contributed by atoms with van der Waals surface area (Å²) in [5, 5.41) is 7.96. The molecule has 14 nitrogen and oxygen atoms in total. The molecule has 4 N–H and O–H groups in total. The normalized spacial score (nSPS) is 19.0. The fourth-order valence-corrected chi connectivity index (χ4v) is 8.45. The lowest BCUT2D eigenvalue weighted by molar-refractivity contribution is -0.139. The number of fused-ring (bicyclic) bond motifs is 4. The number of ether oxygens (including phenoxy) is 2. The zero-order valence-corrected chi connectivity index (χ0v) is 33.9. The molecule has 16 heteroatoms. The maximum absolute atomic E-state index is 16.3. The molecule has 0 saturated carbocycles. The number of carbonyl (C=O) groups excluding carboxylic acids is 5. The summed E-state index contributed by atoms with van der Waals surface area (Å²) < 4.78 is 42.1. The van der Waals surface area contributed by atoms with Gasteiger partial charge in [-0.2, -0.15) is 8.78 Å². The maximum atomic E-state index is 16.3. The number of methoxy groups -OCH3 is 2. The third-order valence-electron chi connectivity index (χ3n) is 11.6. The quantitative estimate of drug-likeness (QED) is 0.137. The third-order valence-corrected chi connectivity index (χ3v) is 11.6. The number of likely N-dealkylation sites (tertiary alicyclic amines) is 2. The number of amides is 5. The van der Waals surface area contributed by atoms with E-state index >= 15 is 8.78 Å². The molecule has 2 fully saturated rings. The first kappa shape index (κ1) is 41.1. The van der Waals surface area contributed by atoms with E-state index in [4.69, 9.17) is 9.72 Å². The number of hydrogen-bond donors (Lipinski definition) is 4. The number of halogens is 2. The van der Waals surface area contributed by atoms with Crippen molar-refractivity contribution in [2.24, 2.45) is 11.8 Å². The zero-order chi connectivity index (χ0) is 42.3. The number of rotatable bonds is 10.